The molecule has 0 bridgehead atoms. The van der Waals surface area contributed by atoms with Crippen LogP contribution in [0.25, 0.3) is 22.0 Å². The number of nitrogens with one attached hydrogen (secondary N) is 1. The molecule has 0 saturated heterocycles. The van der Waals surface area contributed by atoms with Gasteiger partial charge in [0.1, 0.15) is 6.61 Å². The summed E-state index contributed by atoms with van der Waals surface area (Å²) in [6.45, 7) is 0.0549. The maximum atomic E-state index is 13.2. The molecule has 0 saturated carbocycles. The van der Waals surface area contributed by atoms with Crippen molar-refractivity contribution in [3.8, 4) is 16.9 Å². The van der Waals surface area contributed by atoms with Gasteiger partial charge in [0, 0.05) is 24.4 Å². The van der Waals surface area contributed by atoms with Crippen LogP contribution in [-0.2, 0) is 34.4 Å². The summed E-state index contributed by atoms with van der Waals surface area (Å²) in [7, 11) is 3.06. The van der Waals surface area contributed by atoms with E-state index in [0.29, 0.717) is 16.7 Å². The van der Waals surface area contributed by atoms with Gasteiger partial charge in [0.15, 0.2) is 5.75 Å². The standard InChI is InChI=1S/C27H24F3N3O4/c1-33-23-10-9-19(14-20(23)15-31-33)21-12-18(8-11-24(34)36-2)13-22(32-26(35)27(28,29)30)25(21)37-16-17-6-4-3-5-7-17/h3-7,9-10,12-15H,8,11,16H2,1-2H3,(H,32,35). The SMILES string of the molecule is COC(=O)CCc1cc(NC(=O)C(F)(F)F)c(OCc2ccccc2)c(-c2ccc3c(cnn3C)c2)c1. The van der Waals surface area contributed by atoms with Crippen molar-refractivity contribution >= 4 is 28.5 Å². The first-order chi connectivity index (χ1) is 17.7. The van der Waals surface area contributed by atoms with E-state index in [1.54, 1.807) is 30.1 Å². The molecule has 0 aliphatic heterocycles. The second-order valence-corrected chi connectivity index (χ2v) is 8.36. The zero-order valence-corrected chi connectivity index (χ0v) is 20.1. The maximum Gasteiger partial charge on any atom is 0.471 e. The highest BCUT2D eigenvalue weighted by molar-refractivity contribution is 5.98. The fourth-order valence-corrected chi connectivity index (χ4v) is 3.90. The molecule has 37 heavy (non-hydrogen) atoms. The minimum atomic E-state index is -5.10. The van der Waals surface area contributed by atoms with E-state index >= 15 is 0 Å². The number of ether oxygens (including phenoxy) is 2. The van der Waals surface area contributed by atoms with E-state index in [1.165, 1.54) is 13.2 Å². The minimum absolute atomic E-state index is 0.00839. The van der Waals surface area contributed by atoms with Gasteiger partial charge in [-0.2, -0.15) is 18.3 Å². The van der Waals surface area contributed by atoms with Crippen LogP contribution in [0.4, 0.5) is 18.9 Å². The number of amides is 1. The largest absolute Gasteiger partial charge is 0.486 e. The van der Waals surface area contributed by atoms with Gasteiger partial charge in [-0.05, 0) is 47.4 Å². The van der Waals surface area contributed by atoms with Crippen LogP contribution in [-0.4, -0.2) is 34.9 Å². The van der Waals surface area contributed by atoms with E-state index in [4.69, 9.17) is 9.47 Å². The second-order valence-electron chi connectivity index (χ2n) is 8.36. The van der Waals surface area contributed by atoms with Crippen molar-refractivity contribution in [2.75, 3.05) is 12.4 Å². The van der Waals surface area contributed by atoms with Gasteiger partial charge >= 0.3 is 18.1 Å². The van der Waals surface area contributed by atoms with E-state index < -0.39 is 18.1 Å². The fraction of sp³-hybridized carbons (Fsp3) is 0.222. The number of aromatic nitrogens is 2. The average Bonchev–Trinajstić information content (AvgIpc) is 3.26. The second kappa shape index (κ2) is 10.7. The van der Waals surface area contributed by atoms with Gasteiger partial charge in [-0.1, -0.05) is 36.4 Å². The first-order valence-electron chi connectivity index (χ1n) is 11.4. The summed E-state index contributed by atoms with van der Waals surface area (Å²) in [6.07, 6.45) is -3.23. The normalized spacial score (nSPS) is 11.4. The number of rotatable bonds is 8. The van der Waals surface area contributed by atoms with Crippen LogP contribution in [0.5, 0.6) is 5.75 Å². The van der Waals surface area contributed by atoms with Crippen LogP contribution in [0.15, 0.2) is 66.9 Å². The zero-order valence-electron chi connectivity index (χ0n) is 20.1. The van der Waals surface area contributed by atoms with Crippen LogP contribution >= 0.6 is 0 Å². The third kappa shape index (κ3) is 6.08. The quantitative estimate of drug-likeness (QED) is 0.319. The number of alkyl halides is 3. The summed E-state index contributed by atoms with van der Waals surface area (Å²) in [6, 6.07) is 17.7. The summed E-state index contributed by atoms with van der Waals surface area (Å²) >= 11 is 0. The highest BCUT2D eigenvalue weighted by Crippen LogP contribution is 2.40. The Balaban J connectivity index is 1.84. The summed E-state index contributed by atoms with van der Waals surface area (Å²) in [4.78, 5) is 23.7. The van der Waals surface area contributed by atoms with Crippen LogP contribution in [0.2, 0.25) is 0 Å². The number of hydrogen-bond donors (Lipinski definition) is 1. The van der Waals surface area contributed by atoms with Gasteiger partial charge < -0.3 is 14.8 Å². The Morgan fingerprint density at radius 2 is 1.78 bits per heavy atom. The van der Waals surface area contributed by atoms with E-state index in [0.717, 1.165) is 16.5 Å². The first kappa shape index (κ1) is 25.7. The van der Waals surface area contributed by atoms with Crippen LogP contribution in [0.3, 0.4) is 0 Å². The lowest BCUT2D eigenvalue weighted by molar-refractivity contribution is -0.167. The molecular formula is C27H24F3N3O4. The number of methoxy groups -OCH3 is 1. The van der Waals surface area contributed by atoms with Gasteiger partial charge in [0.25, 0.3) is 0 Å². The van der Waals surface area contributed by atoms with Crippen molar-refractivity contribution in [2.45, 2.75) is 25.6 Å². The first-order valence-corrected chi connectivity index (χ1v) is 11.4. The molecule has 7 nitrogen and oxygen atoms in total. The smallest absolute Gasteiger partial charge is 0.471 e. The molecule has 0 unspecified atom stereocenters. The van der Waals surface area contributed by atoms with Gasteiger partial charge in [0.05, 0.1) is 24.5 Å². The molecule has 1 N–H and O–H groups in total. The highest BCUT2D eigenvalue weighted by Gasteiger charge is 2.39. The number of nitrogens with zero attached hydrogens (tertiary/aromatic N) is 2. The van der Waals surface area contributed by atoms with Crippen LogP contribution < -0.4 is 10.1 Å². The topological polar surface area (TPSA) is 82.4 Å². The number of halogens is 3. The Morgan fingerprint density at radius 1 is 1.03 bits per heavy atom. The Hall–Kier alpha value is -4.34. The van der Waals surface area contributed by atoms with Gasteiger partial charge in [0.2, 0.25) is 0 Å². The van der Waals surface area contributed by atoms with Gasteiger partial charge in [-0.3, -0.25) is 14.3 Å². The average molecular weight is 512 g/mol. The molecule has 1 amide bonds. The lowest BCUT2D eigenvalue weighted by Crippen LogP contribution is -2.30. The predicted octanol–water partition coefficient (Wildman–Crippen LogP) is 5.43. The maximum absolute atomic E-state index is 13.2. The van der Waals surface area contributed by atoms with Crippen molar-refractivity contribution in [1.82, 2.24) is 9.78 Å². The molecule has 0 aliphatic carbocycles. The fourth-order valence-electron chi connectivity index (χ4n) is 3.90. The van der Waals surface area contributed by atoms with E-state index in [2.05, 4.69) is 5.10 Å². The number of carbonyl (C=O) groups excluding carboxylic acids is 2. The monoisotopic (exact) mass is 511 g/mol. The van der Waals surface area contributed by atoms with Crippen LogP contribution in [0.1, 0.15) is 17.5 Å². The Labute approximate surface area is 210 Å². The van der Waals surface area contributed by atoms with Crippen LogP contribution in [0, 0.1) is 0 Å². The Morgan fingerprint density at radius 3 is 2.49 bits per heavy atom. The number of anilines is 1. The Bertz CT molecular complexity index is 1430. The number of benzene rings is 3. The summed E-state index contributed by atoms with van der Waals surface area (Å²) in [5, 5.41) is 7.01. The zero-order chi connectivity index (χ0) is 26.6. The number of esters is 1. The predicted molar refractivity (Wildman–Crippen MR) is 132 cm³/mol. The molecule has 10 heteroatoms. The minimum Gasteiger partial charge on any atom is -0.486 e. The van der Waals surface area contributed by atoms with Crippen molar-refractivity contribution < 1.29 is 32.2 Å². The number of carbonyl (C=O) groups is 2. The molecule has 0 atom stereocenters. The number of aryl methyl sites for hydroxylation is 2. The molecule has 192 valence electrons. The Kier molecular flexibility index (Phi) is 7.47. The van der Waals surface area contributed by atoms with Gasteiger partial charge in [-0.25, -0.2) is 0 Å². The molecule has 0 fully saturated rings. The van der Waals surface area contributed by atoms with Crippen molar-refractivity contribution in [3.05, 3.63) is 78.0 Å². The van der Waals surface area contributed by atoms with Crippen molar-refractivity contribution in [1.29, 1.82) is 0 Å². The molecule has 4 aromatic rings. The number of hydrogen-bond acceptors (Lipinski definition) is 5. The summed E-state index contributed by atoms with van der Waals surface area (Å²) in [5.74, 6) is -2.52. The van der Waals surface area contributed by atoms with Crippen molar-refractivity contribution in [3.63, 3.8) is 0 Å². The van der Waals surface area contributed by atoms with E-state index in [9.17, 15) is 22.8 Å². The molecule has 3 aromatic carbocycles. The van der Waals surface area contributed by atoms with Crippen molar-refractivity contribution in [2.24, 2.45) is 7.05 Å². The molecule has 0 aliphatic rings. The molecule has 0 spiro atoms. The molecule has 1 heterocycles. The molecule has 0 radical (unpaired) electrons. The summed E-state index contributed by atoms with van der Waals surface area (Å²) < 4.78 is 52.0. The third-order valence-corrected chi connectivity index (χ3v) is 5.78. The van der Waals surface area contributed by atoms with E-state index in [-0.39, 0.29) is 30.9 Å². The summed E-state index contributed by atoms with van der Waals surface area (Å²) in [5.41, 5.74) is 3.13. The lowest BCUT2D eigenvalue weighted by Gasteiger charge is -2.19. The number of fused-ring (bicyclic) bond motifs is 1. The van der Waals surface area contributed by atoms with Gasteiger partial charge in [-0.15, -0.1) is 0 Å². The van der Waals surface area contributed by atoms with E-state index in [1.807, 2.05) is 47.8 Å². The lowest BCUT2D eigenvalue weighted by atomic mass is 9.97. The molecular weight excluding hydrogens is 487 g/mol. The molecule has 1 aromatic heterocycles. The third-order valence-electron chi connectivity index (χ3n) is 5.78. The molecule has 4 rings (SSSR count). The highest BCUT2D eigenvalue weighted by atomic mass is 19.4.